The Morgan fingerprint density at radius 3 is 2.76 bits per heavy atom. The summed E-state index contributed by atoms with van der Waals surface area (Å²) in [5.74, 6) is 0.866. The number of benzene rings is 1. The standard InChI is InChI=1S/C13H20ClNO2/c1-9-6-13(17-3)11(7-12(9)14)4-5-15-10(2)8-16/h6-7,10,15-16H,4-5,8H2,1-3H3. The molecule has 2 N–H and O–H groups in total. The van der Waals surface area contributed by atoms with Gasteiger partial charge < -0.3 is 15.2 Å². The Labute approximate surface area is 108 Å². The summed E-state index contributed by atoms with van der Waals surface area (Å²) < 4.78 is 5.33. The summed E-state index contributed by atoms with van der Waals surface area (Å²) in [5.41, 5.74) is 2.10. The number of aliphatic hydroxyl groups is 1. The number of nitrogens with one attached hydrogen (secondary N) is 1. The average molecular weight is 258 g/mol. The van der Waals surface area contributed by atoms with Gasteiger partial charge in [0.15, 0.2) is 0 Å². The quantitative estimate of drug-likeness (QED) is 0.821. The lowest BCUT2D eigenvalue weighted by atomic mass is 10.1. The van der Waals surface area contributed by atoms with Crippen LogP contribution in [0.4, 0.5) is 0 Å². The van der Waals surface area contributed by atoms with Crippen LogP contribution >= 0.6 is 11.6 Å². The maximum Gasteiger partial charge on any atom is 0.122 e. The molecule has 0 fully saturated rings. The molecule has 0 bridgehead atoms. The molecule has 0 radical (unpaired) electrons. The van der Waals surface area contributed by atoms with E-state index in [4.69, 9.17) is 21.4 Å². The number of hydrogen-bond donors (Lipinski definition) is 2. The Morgan fingerprint density at radius 1 is 1.47 bits per heavy atom. The molecule has 0 saturated carbocycles. The summed E-state index contributed by atoms with van der Waals surface area (Å²) in [7, 11) is 1.66. The van der Waals surface area contributed by atoms with Crippen LogP contribution in [0.25, 0.3) is 0 Å². The van der Waals surface area contributed by atoms with Gasteiger partial charge in [-0.2, -0.15) is 0 Å². The van der Waals surface area contributed by atoms with E-state index in [1.165, 1.54) is 0 Å². The normalized spacial score (nSPS) is 12.5. The summed E-state index contributed by atoms with van der Waals surface area (Å²) in [6.07, 6.45) is 0.827. The van der Waals surface area contributed by atoms with Crippen molar-refractivity contribution in [2.75, 3.05) is 20.3 Å². The topological polar surface area (TPSA) is 41.5 Å². The van der Waals surface area contributed by atoms with Gasteiger partial charge in [0.2, 0.25) is 0 Å². The molecule has 17 heavy (non-hydrogen) atoms. The molecular weight excluding hydrogens is 238 g/mol. The van der Waals surface area contributed by atoms with Crippen LogP contribution < -0.4 is 10.1 Å². The van der Waals surface area contributed by atoms with Crippen molar-refractivity contribution in [2.45, 2.75) is 26.3 Å². The van der Waals surface area contributed by atoms with Gasteiger partial charge in [0.25, 0.3) is 0 Å². The fourth-order valence-electron chi connectivity index (χ4n) is 1.60. The van der Waals surface area contributed by atoms with Crippen molar-refractivity contribution in [1.29, 1.82) is 0 Å². The zero-order valence-corrected chi connectivity index (χ0v) is 11.3. The van der Waals surface area contributed by atoms with Crippen molar-refractivity contribution >= 4 is 11.6 Å². The maximum absolute atomic E-state index is 8.90. The first-order chi connectivity index (χ1) is 8.08. The van der Waals surface area contributed by atoms with Crippen molar-refractivity contribution in [3.63, 3.8) is 0 Å². The van der Waals surface area contributed by atoms with E-state index in [0.717, 1.165) is 34.9 Å². The SMILES string of the molecule is COc1cc(C)c(Cl)cc1CCNC(C)CO. The third-order valence-electron chi connectivity index (χ3n) is 2.72. The summed E-state index contributed by atoms with van der Waals surface area (Å²) in [6.45, 7) is 4.84. The lowest BCUT2D eigenvalue weighted by Crippen LogP contribution is -2.31. The molecule has 0 spiro atoms. The predicted molar refractivity (Wildman–Crippen MR) is 71.0 cm³/mol. The first-order valence-corrected chi connectivity index (χ1v) is 6.13. The fraction of sp³-hybridized carbons (Fsp3) is 0.538. The fourth-order valence-corrected chi connectivity index (χ4v) is 1.79. The Hall–Kier alpha value is -0.770. The number of hydrogen-bond acceptors (Lipinski definition) is 3. The highest BCUT2D eigenvalue weighted by molar-refractivity contribution is 6.31. The van der Waals surface area contributed by atoms with Crippen LogP contribution in [0.3, 0.4) is 0 Å². The van der Waals surface area contributed by atoms with E-state index in [9.17, 15) is 0 Å². The summed E-state index contributed by atoms with van der Waals surface area (Å²) >= 11 is 6.10. The summed E-state index contributed by atoms with van der Waals surface area (Å²) in [5, 5.41) is 12.9. The molecule has 1 rings (SSSR count). The third-order valence-corrected chi connectivity index (χ3v) is 3.13. The average Bonchev–Trinajstić information content (AvgIpc) is 2.32. The number of ether oxygens (including phenoxy) is 1. The molecule has 1 unspecified atom stereocenters. The zero-order chi connectivity index (χ0) is 12.8. The van der Waals surface area contributed by atoms with Gasteiger partial charge in [-0.3, -0.25) is 0 Å². The van der Waals surface area contributed by atoms with E-state index in [-0.39, 0.29) is 12.6 Å². The van der Waals surface area contributed by atoms with Gasteiger partial charge >= 0.3 is 0 Å². The van der Waals surface area contributed by atoms with Gasteiger partial charge in [0.05, 0.1) is 13.7 Å². The van der Waals surface area contributed by atoms with Crippen molar-refractivity contribution in [1.82, 2.24) is 5.32 Å². The molecule has 3 nitrogen and oxygen atoms in total. The van der Waals surface area contributed by atoms with E-state index in [1.54, 1.807) is 7.11 Å². The predicted octanol–water partition coefficient (Wildman–Crippen LogP) is 2.17. The molecule has 1 aromatic rings. The van der Waals surface area contributed by atoms with Crippen LogP contribution in [-0.2, 0) is 6.42 Å². The molecule has 4 heteroatoms. The van der Waals surface area contributed by atoms with E-state index >= 15 is 0 Å². The minimum absolute atomic E-state index is 0.113. The van der Waals surface area contributed by atoms with Gasteiger partial charge in [-0.25, -0.2) is 0 Å². The molecule has 1 atom stereocenters. The minimum Gasteiger partial charge on any atom is -0.496 e. The maximum atomic E-state index is 8.90. The van der Waals surface area contributed by atoms with Crippen molar-refractivity contribution < 1.29 is 9.84 Å². The largest absolute Gasteiger partial charge is 0.496 e. The van der Waals surface area contributed by atoms with E-state index in [1.807, 2.05) is 26.0 Å². The van der Waals surface area contributed by atoms with Gasteiger partial charge in [0, 0.05) is 11.1 Å². The Morgan fingerprint density at radius 2 is 2.18 bits per heavy atom. The number of halogens is 1. The second kappa shape index (κ2) is 6.84. The monoisotopic (exact) mass is 257 g/mol. The van der Waals surface area contributed by atoms with Gasteiger partial charge in [-0.05, 0) is 50.1 Å². The second-order valence-electron chi connectivity index (χ2n) is 4.20. The first-order valence-electron chi connectivity index (χ1n) is 5.75. The van der Waals surface area contributed by atoms with Crippen LogP contribution in [0.2, 0.25) is 5.02 Å². The first kappa shape index (κ1) is 14.3. The van der Waals surface area contributed by atoms with Crippen LogP contribution in [-0.4, -0.2) is 31.4 Å². The van der Waals surface area contributed by atoms with Gasteiger partial charge in [-0.1, -0.05) is 11.6 Å². The van der Waals surface area contributed by atoms with Crippen molar-refractivity contribution in [3.8, 4) is 5.75 Å². The highest BCUT2D eigenvalue weighted by atomic mass is 35.5. The molecule has 96 valence electrons. The second-order valence-corrected chi connectivity index (χ2v) is 4.61. The van der Waals surface area contributed by atoms with Crippen LogP contribution in [0.5, 0.6) is 5.75 Å². The molecule has 0 aliphatic carbocycles. The minimum atomic E-state index is 0.113. The van der Waals surface area contributed by atoms with Crippen LogP contribution in [0.1, 0.15) is 18.1 Å². The molecule has 1 aromatic carbocycles. The smallest absolute Gasteiger partial charge is 0.122 e. The molecule has 0 aliphatic rings. The number of aryl methyl sites for hydroxylation is 1. The lowest BCUT2D eigenvalue weighted by molar-refractivity contribution is 0.252. The Bertz CT molecular complexity index is 369. The molecule has 0 heterocycles. The van der Waals surface area contributed by atoms with Crippen molar-refractivity contribution in [2.24, 2.45) is 0 Å². The zero-order valence-electron chi connectivity index (χ0n) is 10.6. The van der Waals surface area contributed by atoms with Crippen molar-refractivity contribution in [3.05, 3.63) is 28.3 Å². The van der Waals surface area contributed by atoms with E-state index in [0.29, 0.717) is 0 Å². The summed E-state index contributed by atoms with van der Waals surface area (Å²) in [6, 6.07) is 4.01. The highest BCUT2D eigenvalue weighted by Gasteiger charge is 2.07. The number of rotatable bonds is 6. The molecule has 0 aromatic heterocycles. The highest BCUT2D eigenvalue weighted by Crippen LogP contribution is 2.26. The third kappa shape index (κ3) is 4.19. The van der Waals surface area contributed by atoms with Crippen LogP contribution in [0, 0.1) is 6.92 Å². The number of aliphatic hydroxyl groups excluding tert-OH is 1. The summed E-state index contributed by atoms with van der Waals surface area (Å²) in [4.78, 5) is 0. The molecule has 0 aliphatic heterocycles. The molecule has 0 saturated heterocycles. The van der Waals surface area contributed by atoms with E-state index < -0.39 is 0 Å². The molecular formula is C13H20ClNO2. The van der Waals surface area contributed by atoms with Gasteiger partial charge in [0.1, 0.15) is 5.75 Å². The van der Waals surface area contributed by atoms with E-state index in [2.05, 4.69) is 5.32 Å². The Balaban J connectivity index is 2.66. The lowest BCUT2D eigenvalue weighted by Gasteiger charge is -2.13. The Kier molecular flexibility index (Phi) is 5.75. The number of methoxy groups -OCH3 is 1. The van der Waals surface area contributed by atoms with Gasteiger partial charge in [-0.15, -0.1) is 0 Å². The molecule has 0 amide bonds. The van der Waals surface area contributed by atoms with Crippen LogP contribution in [0.15, 0.2) is 12.1 Å².